The number of hydrogen-bond donors (Lipinski definition) is 1. The fourth-order valence-corrected chi connectivity index (χ4v) is 2.80. The molecule has 0 unspecified atom stereocenters. The van der Waals surface area contributed by atoms with E-state index in [1.54, 1.807) is 7.11 Å². The van der Waals surface area contributed by atoms with Crippen LogP contribution in [0.4, 0.5) is 0 Å². The molecule has 0 aromatic heterocycles. The first-order chi connectivity index (χ1) is 10.3. The Morgan fingerprint density at radius 3 is 3.00 bits per heavy atom. The number of ether oxygens (including phenoxy) is 1. The second kappa shape index (κ2) is 6.14. The number of methoxy groups -OCH3 is 1. The van der Waals surface area contributed by atoms with E-state index in [0.717, 1.165) is 31.8 Å². The summed E-state index contributed by atoms with van der Waals surface area (Å²) < 4.78 is 5.32. The minimum atomic E-state index is 0.194. The number of benzene rings is 2. The molecule has 1 N–H and O–H groups in total. The zero-order valence-corrected chi connectivity index (χ0v) is 12.3. The summed E-state index contributed by atoms with van der Waals surface area (Å²) in [5, 5.41) is 5.52. The lowest BCUT2D eigenvalue weighted by molar-refractivity contribution is -0.131. The van der Waals surface area contributed by atoms with Crippen LogP contribution < -0.4 is 10.1 Å². The van der Waals surface area contributed by atoms with E-state index in [2.05, 4.69) is 35.6 Å². The Morgan fingerprint density at radius 2 is 2.19 bits per heavy atom. The molecule has 1 aliphatic rings. The molecule has 1 aliphatic heterocycles. The lowest BCUT2D eigenvalue weighted by atomic mass is 10.0. The average Bonchev–Trinajstić information content (AvgIpc) is 2.53. The molecule has 1 fully saturated rings. The third-order valence-corrected chi connectivity index (χ3v) is 4.02. The summed E-state index contributed by atoms with van der Waals surface area (Å²) >= 11 is 0. The number of nitrogens with one attached hydrogen (secondary N) is 1. The van der Waals surface area contributed by atoms with Gasteiger partial charge in [-0.15, -0.1) is 0 Å². The van der Waals surface area contributed by atoms with Crippen molar-refractivity contribution in [2.45, 2.75) is 6.42 Å². The zero-order chi connectivity index (χ0) is 14.7. The summed E-state index contributed by atoms with van der Waals surface area (Å²) in [6, 6.07) is 12.4. The molecular weight excluding hydrogens is 264 g/mol. The standard InChI is InChI=1S/C17H20N2O2/c1-21-15-6-5-13-3-2-4-14(16(13)11-15)7-9-19-10-8-18-12-17(19)20/h2-6,11,18H,7-10,12H2,1H3. The maximum absolute atomic E-state index is 11.8. The summed E-state index contributed by atoms with van der Waals surface area (Å²) in [6.45, 7) is 2.92. The Balaban J connectivity index is 1.81. The van der Waals surface area contributed by atoms with E-state index in [9.17, 15) is 4.79 Å². The highest BCUT2D eigenvalue weighted by Gasteiger charge is 2.17. The third-order valence-electron chi connectivity index (χ3n) is 4.02. The second-order valence-electron chi connectivity index (χ2n) is 5.31. The van der Waals surface area contributed by atoms with Crippen LogP contribution >= 0.6 is 0 Å². The van der Waals surface area contributed by atoms with E-state index in [-0.39, 0.29) is 5.91 Å². The maximum atomic E-state index is 11.8. The van der Waals surface area contributed by atoms with Gasteiger partial charge in [-0.05, 0) is 34.9 Å². The van der Waals surface area contributed by atoms with Gasteiger partial charge < -0.3 is 15.0 Å². The van der Waals surface area contributed by atoms with Crippen LogP contribution in [0, 0.1) is 0 Å². The first kappa shape index (κ1) is 13.9. The molecule has 4 nitrogen and oxygen atoms in total. The normalized spacial score (nSPS) is 15.5. The summed E-state index contributed by atoms with van der Waals surface area (Å²) in [6.07, 6.45) is 0.871. The van der Waals surface area contributed by atoms with Gasteiger partial charge >= 0.3 is 0 Å². The van der Waals surface area contributed by atoms with Crippen LogP contribution in [0.3, 0.4) is 0 Å². The van der Waals surface area contributed by atoms with E-state index in [1.807, 2.05) is 11.0 Å². The Labute approximate surface area is 124 Å². The van der Waals surface area contributed by atoms with Gasteiger partial charge in [0.1, 0.15) is 5.75 Å². The lowest BCUT2D eigenvalue weighted by Crippen LogP contribution is -2.48. The highest BCUT2D eigenvalue weighted by atomic mass is 16.5. The zero-order valence-electron chi connectivity index (χ0n) is 12.3. The third kappa shape index (κ3) is 3.00. The van der Waals surface area contributed by atoms with Crippen LogP contribution in [-0.4, -0.2) is 44.1 Å². The fraction of sp³-hybridized carbons (Fsp3) is 0.353. The molecule has 4 heteroatoms. The van der Waals surface area contributed by atoms with E-state index in [4.69, 9.17) is 4.74 Å². The van der Waals surface area contributed by atoms with E-state index in [1.165, 1.54) is 16.3 Å². The van der Waals surface area contributed by atoms with Crippen LogP contribution in [0.25, 0.3) is 10.8 Å². The van der Waals surface area contributed by atoms with Gasteiger partial charge in [-0.1, -0.05) is 24.3 Å². The van der Waals surface area contributed by atoms with Gasteiger partial charge in [0.2, 0.25) is 5.91 Å². The quantitative estimate of drug-likeness (QED) is 0.931. The van der Waals surface area contributed by atoms with Gasteiger partial charge in [0, 0.05) is 19.6 Å². The minimum Gasteiger partial charge on any atom is -0.497 e. The van der Waals surface area contributed by atoms with Crippen LogP contribution in [0.15, 0.2) is 36.4 Å². The average molecular weight is 284 g/mol. The monoisotopic (exact) mass is 284 g/mol. The van der Waals surface area contributed by atoms with Gasteiger partial charge in [-0.25, -0.2) is 0 Å². The molecule has 1 heterocycles. The molecule has 21 heavy (non-hydrogen) atoms. The maximum Gasteiger partial charge on any atom is 0.236 e. The van der Waals surface area contributed by atoms with Crippen molar-refractivity contribution in [1.82, 2.24) is 10.2 Å². The predicted molar refractivity (Wildman–Crippen MR) is 83.7 cm³/mol. The molecule has 1 amide bonds. The van der Waals surface area contributed by atoms with Gasteiger partial charge in [-0.3, -0.25) is 4.79 Å². The molecule has 0 bridgehead atoms. The van der Waals surface area contributed by atoms with Crippen LogP contribution in [0.2, 0.25) is 0 Å². The highest BCUT2D eigenvalue weighted by Crippen LogP contribution is 2.24. The van der Waals surface area contributed by atoms with Crippen molar-refractivity contribution in [3.05, 3.63) is 42.0 Å². The minimum absolute atomic E-state index is 0.194. The molecule has 110 valence electrons. The fourth-order valence-electron chi connectivity index (χ4n) is 2.80. The van der Waals surface area contributed by atoms with Gasteiger partial charge in [0.05, 0.1) is 13.7 Å². The number of carbonyl (C=O) groups is 1. The van der Waals surface area contributed by atoms with Crippen molar-refractivity contribution in [1.29, 1.82) is 0 Å². The van der Waals surface area contributed by atoms with Crippen molar-refractivity contribution in [2.24, 2.45) is 0 Å². The highest BCUT2D eigenvalue weighted by molar-refractivity contribution is 5.87. The smallest absolute Gasteiger partial charge is 0.236 e. The number of piperazine rings is 1. The van der Waals surface area contributed by atoms with Gasteiger partial charge in [0.15, 0.2) is 0 Å². The predicted octanol–water partition coefficient (Wildman–Crippen LogP) is 1.82. The van der Waals surface area contributed by atoms with Gasteiger partial charge in [0.25, 0.3) is 0 Å². The molecule has 0 saturated carbocycles. The van der Waals surface area contributed by atoms with E-state index < -0.39 is 0 Å². The molecule has 2 aromatic carbocycles. The number of fused-ring (bicyclic) bond motifs is 1. The molecule has 0 spiro atoms. The number of amides is 1. The SMILES string of the molecule is COc1ccc2cccc(CCN3CCNCC3=O)c2c1. The molecular formula is C17H20N2O2. The molecule has 1 saturated heterocycles. The Bertz CT molecular complexity index is 654. The molecule has 0 radical (unpaired) electrons. The van der Waals surface area contributed by atoms with Crippen LogP contribution in [-0.2, 0) is 11.2 Å². The van der Waals surface area contributed by atoms with Crippen molar-refractivity contribution in [2.75, 3.05) is 33.3 Å². The van der Waals surface area contributed by atoms with E-state index in [0.29, 0.717) is 6.54 Å². The molecule has 2 aromatic rings. The Kier molecular flexibility index (Phi) is 4.06. The van der Waals surface area contributed by atoms with Crippen LogP contribution in [0.1, 0.15) is 5.56 Å². The van der Waals surface area contributed by atoms with Gasteiger partial charge in [-0.2, -0.15) is 0 Å². The largest absolute Gasteiger partial charge is 0.497 e. The second-order valence-corrected chi connectivity index (χ2v) is 5.31. The van der Waals surface area contributed by atoms with Crippen molar-refractivity contribution < 1.29 is 9.53 Å². The first-order valence-corrected chi connectivity index (χ1v) is 7.32. The number of hydrogen-bond acceptors (Lipinski definition) is 3. The molecule has 3 rings (SSSR count). The first-order valence-electron chi connectivity index (χ1n) is 7.32. The summed E-state index contributed by atoms with van der Waals surface area (Å²) in [5.74, 6) is 1.06. The molecule has 0 aliphatic carbocycles. The lowest BCUT2D eigenvalue weighted by Gasteiger charge is -2.27. The Hall–Kier alpha value is -2.07. The van der Waals surface area contributed by atoms with Crippen molar-refractivity contribution in [3.8, 4) is 5.75 Å². The van der Waals surface area contributed by atoms with E-state index >= 15 is 0 Å². The van der Waals surface area contributed by atoms with Crippen molar-refractivity contribution in [3.63, 3.8) is 0 Å². The topological polar surface area (TPSA) is 41.6 Å². The van der Waals surface area contributed by atoms with Crippen molar-refractivity contribution >= 4 is 16.7 Å². The summed E-state index contributed by atoms with van der Waals surface area (Å²) in [7, 11) is 1.68. The summed E-state index contributed by atoms with van der Waals surface area (Å²) in [4.78, 5) is 13.8. The van der Waals surface area contributed by atoms with Crippen LogP contribution in [0.5, 0.6) is 5.75 Å². The summed E-state index contributed by atoms with van der Waals surface area (Å²) in [5.41, 5.74) is 1.26. The number of carbonyl (C=O) groups excluding carboxylic acids is 1. The molecule has 0 atom stereocenters. The number of nitrogens with zero attached hydrogens (tertiary/aromatic N) is 1. The Morgan fingerprint density at radius 1 is 1.29 bits per heavy atom. The number of rotatable bonds is 4.